The van der Waals surface area contributed by atoms with Crippen LogP contribution in [-0.4, -0.2) is 50.1 Å². The zero-order valence-electron chi connectivity index (χ0n) is 16.3. The van der Waals surface area contributed by atoms with Gasteiger partial charge in [-0.2, -0.15) is 0 Å². The Labute approximate surface area is 167 Å². The molecule has 8 heteroatoms. The molecule has 3 aliphatic heterocycles. The second kappa shape index (κ2) is 6.53. The van der Waals surface area contributed by atoms with Crippen LogP contribution in [0.15, 0.2) is 24.3 Å². The molecule has 0 saturated heterocycles. The van der Waals surface area contributed by atoms with E-state index in [1.165, 1.54) is 0 Å². The van der Waals surface area contributed by atoms with Crippen molar-refractivity contribution in [2.75, 3.05) is 34.2 Å². The lowest BCUT2D eigenvalue weighted by Gasteiger charge is -2.26. The molecule has 2 N–H and O–H groups in total. The van der Waals surface area contributed by atoms with Crippen LogP contribution in [0.5, 0.6) is 23.0 Å². The fourth-order valence-corrected chi connectivity index (χ4v) is 4.04. The SMILES string of the molecule is CN(C)CCc1cc2c(cc1CC1(O)NC(=O)c3c1ccc1c3OCO1)OCO2. The first-order chi connectivity index (χ1) is 13.9. The number of fused-ring (bicyclic) bond motifs is 4. The highest BCUT2D eigenvalue weighted by Crippen LogP contribution is 2.45. The van der Waals surface area contributed by atoms with Crippen LogP contribution >= 0.6 is 0 Å². The Morgan fingerprint density at radius 1 is 1.03 bits per heavy atom. The summed E-state index contributed by atoms with van der Waals surface area (Å²) in [7, 11) is 4.02. The number of rotatable bonds is 5. The molecule has 1 atom stereocenters. The first-order valence-electron chi connectivity index (χ1n) is 9.49. The van der Waals surface area contributed by atoms with E-state index in [-0.39, 0.29) is 25.9 Å². The number of amides is 1. The number of nitrogens with zero attached hydrogens (tertiary/aromatic N) is 1. The van der Waals surface area contributed by atoms with E-state index in [1.54, 1.807) is 12.1 Å². The van der Waals surface area contributed by atoms with Gasteiger partial charge in [0.15, 0.2) is 28.7 Å². The molecule has 3 aliphatic rings. The Bertz CT molecular complexity index is 1010. The van der Waals surface area contributed by atoms with Crippen molar-refractivity contribution in [1.29, 1.82) is 0 Å². The van der Waals surface area contributed by atoms with Crippen LogP contribution in [0.1, 0.15) is 27.0 Å². The molecule has 0 fully saturated rings. The lowest BCUT2D eigenvalue weighted by molar-refractivity contribution is 0.0132. The van der Waals surface area contributed by atoms with E-state index in [9.17, 15) is 9.90 Å². The van der Waals surface area contributed by atoms with Gasteiger partial charge in [0, 0.05) is 18.5 Å². The third-order valence-corrected chi connectivity index (χ3v) is 5.50. The van der Waals surface area contributed by atoms with Gasteiger partial charge in [-0.3, -0.25) is 4.79 Å². The van der Waals surface area contributed by atoms with Gasteiger partial charge in [0.1, 0.15) is 0 Å². The van der Waals surface area contributed by atoms with E-state index in [0.29, 0.717) is 34.1 Å². The number of nitrogens with one attached hydrogen (secondary N) is 1. The molecule has 0 spiro atoms. The van der Waals surface area contributed by atoms with Gasteiger partial charge in [0.25, 0.3) is 5.91 Å². The topological polar surface area (TPSA) is 89.5 Å². The summed E-state index contributed by atoms with van der Waals surface area (Å²) in [6.45, 7) is 1.08. The minimum Gasteiger partial charge on any atom is -0.454 e. The second-order valence-electron chi connectivity index (χ2n) is 7.74. The summed E-state index contributed by atoms with van der Waals surface area (Å²) in [6.07, 6.45) is 0.974. The van der Waals surface area contributed by atoms with Crippen molar-refractivity contribution in [1.82, 2.24) is 10.2 Å². The van der Waals surface area contributed by atoms with Crippen molar-refractivity contribution in [2.45, 2.75) is 18.6 Å². The Hall–Kier alpha value is -2.97. The van der Waals surface area contributed by atoms with Gasteiger partial charge < -0.3 is 34.3 Å². The van der Waals surface area contributed by atoms with Gasteiger partial charge in [-0.05, 0) is 55.9 Å². The summed E-state index contributed by atoms with van der Waals surface area (Å²) in [5.74, 6) is 1.87. The van der Waals surface area contributed by atoms with Crippen molar-refractivity contribution in [3.8, 4) is 23.0 Å². The van der Waals surface area contributed by atoms with E-state index in [0.717, 1.165) is 24.1 Å². The number of carbonyl (C=O) groups excluding carboxylic acids is 1. The molecule has 1 unspecified atom stereocenters. The number of hydrogen-bond acceptors (Lipinski definition) is 7. The maximum Gasteiger partial charge on any atom is 0.258 e. The van der Waals surface area contributed by atoms with Crippen LogP contribution < -0.4 is 24.3 Å². The first kappa shape index (κ1) is 18.1. The van der Waals surface area contributed by atoms with E-state index in [2.05, 4.69) is 10.2 Å². The molecule has 0 aliphatic carbocycles. The van der Waals surface area contributed by atoms with Gasteiger partial charge in [-0.25, -0.2) is 0 Å². The van der Waals surface area contributed by atoms with E-state index in [4.69, 9.17) is 18.9 Å². The average molecular weight is 398 g/mol. The summed E-state index contributed by atoms with van der Waals surface area (Å²) < 4.78 is 21.9. The highest BCUT2D eigenvalue weighted by molar-refractivity contribution is 6.03. The van der Waals surface area contributed by atoms with E-state index >= 15 is 0 Å². The molecule has 2 aromatic rings. The van der Waals surface area contributed by atoms with Gasteiger partial charge in [-0.1, -0.05) is 0 Å². The molecule has 1 amide bonds. The maximum atomic E-state index is 12.7. The van der Waals surface area contributed by atoms with Gasteiger partial charge >= 0.3 is 0 Å². The molecule has 5 rings (SSSR count). The predicted molar refractivity (Wildman–Crippen MR) is 102 cm³/mol. The summed E-state index contributed by atoms with van der Waals surface area (Å²) in [5, 5.41) is 14.2. The van der Waals surface area contributed by atoms with Gasteiger partial charge in [0.05, 0.1) is 5.56 Å². The number of likely N-dealkylation sites (N-methyl/N-ethyl adjacent to an activating group) is 1. The van der Waals surface area contributed by atoms with Crippen molar-refractivity contribution in [3.05, 3.63) is 46.5 Å². The summed E-state index contributed by atoms with van der Waals surface area (Å²) in [5.41, 5.74) is 1.21. The minimum absolute atomic E-state index is 0.0638. The molecule has 152 valence electrons. The minimum atomic E-state index is -1.55. The lowest BCUT2D eigenvalue weighted by Crippen LogP contribution is -2.41. The smallest absolute Gasteiger partial charge is 0.258 e. The van der Waals surface area contributed by atoms with Crippen molar-refractivity contribution in [3.63, 3.8) is 0 Å². The van der Waals surface area contributed by atoms with Crippen LogP contribution in [0.2, 0.25) is 0 Å². The summed E-state index contributed by atoms with van der Waals surface area (Å²) >= 11 is 0. The monoisotopic (exact) mass is 398 g/mol. The third-order valence-electron chi connectivity index (χ3n) is 5.50. The zero-order chi connectivity index (χ0) is 20.2. The fraction of sp³-hybridized carbons (Fsp3) is 0.381. The van der Waals surface area contributed by atoms with Crippen LogP contribution in [0, 0.1) is 0 Å². The van der Waals surface area contributed by atoms with Crippen molar-refractivity contribution < 1.29 is 28.8 Å². The third kappa shape index (κ3) is 2.95. The molecule has 0 aromatic heterocycles. The lowest BCUT2D eigenvalue weighted by atomic mass is 9.91. The Kier molecular flexibility index (Phi) is 4.07. The number of benzene rings is 2. The molecule has 0 radical (unpaired) electrons. The van der Waals surface area contributed by atoms with Crippen LogP contribution in [0.25, 0.3) is 0 Å². The molecule has 8 nitrogen and oxygen atoms in total. The van der Waals surface area contributed by atoms with E-state index < -0.39 is 5.72 Å². The van der Waals surface area contributed by atoms with Crippen LogP contribution in [0.4, 0.5) is 0 Å². The highest BCUT2D eigenvalue weighted by atomic mass is 16.7. The molecule has 0 bridgehead atoms. The Morgan fingerprint density at radius 3 is 2.48 bits per heavy atom. The quantitative estimate of drug-likeness (QED) is 0.787. The van der Waals surface area contributed by atoms with Crippen LogP contribution in [0.3, 0.4) is 0 Å². The standard InChI is InChI=1S/C21H22N2O6/c1-23(2)6-5-12-7-16-17(28-10-27-16)8-13(12)9-21(25)14-3-4-15-19(29-11-26-15)18(14)20(24)22-21/h3-4,7-8,25H,5-6,9-11H2,1-2H3,(H,22,24). The number of ether oxygens (including phenoxy) is 4. The number of aliphatic hydroxyl groups is 1. The van der Waals surface area contributed by atoms with Crippen molar-refractivity contribution in [2.24, 2.45) is 0 Å². The summed E-state index contributed by atoms with van der Waals surface area (Å²) in [6, 6.07) is 7.29. The molecular formula is C21H22N2O6. The van der Waals surface area contributed by atoms with Gasteiger partial charge in [0.2, 0.25) is 13.6 Å². The molecular weight excluding hydrogens is 376 g/mol. The normalized spacial score (nSPS) is 20.9. The predicted octanol–water partition coefficient (Wildman–Crippen LogP) is 1.38. The first-order valence-corrected chi connectivity index (χ1v) is 9.49. The second-order valence-corrected chi connectivity index (χ2v) is 7.74. The number of hydrogen-bond donors (Lipinski definition) is 2. The molecule has 3 heterocycles. The Balaban J connectivity index is 1.53. The van der Waals surface area contributed by atoms with Gasteiger partial charge in [-0.15, -0.1) is 0 Å². The average Bonchev–Trinajstić information content (AvgIpc) is 3.37. The maximum absolute atomic E-state index is 12.7. The Morgan fingerprint density at radius 2 is 1.72 bits per heavy atom. The summed E-state index contributed by atoms with van der Waals surface area (Å²) in [4.78, 5) is 14.8. The van der Waals surface area contributed by atoms with Crippen LogP contribution in [-0.2, 0) is 18.6 Å². The van der Waals surface area contributed by atoms with Crippen molar-refractivity contribution >= 4 is 5.91 Å². The zero-order valence-corrected chi connectivity index (χ0v) is 16.3. The largest absolute Gasteiger partial charge is 0.454 e. The van der Waals surface area contributed by atoms with E-state index in [1.807, 2.05) is 26.2 Å². The molecule has 29 heavy (non-hydrogen) atoms. The molecule has 0 saturated carbocycles. The number of carbonyl (C=O) groups is 1. The molecule has 2 aromatic carbocycles. The highest BCUT2D eigenvalue weighted by Gasteiger charge is 2.45. The fourth-order valence-electron chi connectivity index (χ4n) is 4.04.